The fourth-order valence-electron chi connectivity index (χ4n) is 2.61. The van der Waals surface area contributed by atoms with Gasteiger partial charge in [-0.25, -0.2) is 0 Å². The van der Waals surface area contributed by atoms with Crippen LogP contribution < -0.4 is 10.6 Å². The van der Waals surface area contributed by atoms with Gasteiger partial charge in [-0.3, -0.25) is 4.79 Å². The summed E-state index contributed by atoms with van der Waals surface area (Å²) in [6.07, 6.45) is 32.5. The Morgan fingerprint density at radius 2 is 0.967 bits per heavy atom. The molecule has 168 valence electrons. The topological polar surface area (TPSA) is 70.5 Å². The lowest BCUT2D eigenvalue weighted by atomic mass is 10.2. The monoisotopic (exact) mass is 416 g/mol. The molecule has 30 heavy (non-hydrogen) atoms. The van der Waals surface area contributed by atoms with Crippen LogP contribution in [-0.2, 0) is 4.79 Å². The van der Waals surface area contributed by atoms with Gasteiger partial charge in [-0.15, -0.1) is 0 Å². The fraction of sp³-hybridized carbons (Fsp3) is 0.500. The summed E-state index contributed by atoms with van der Waals surface area (Å²) in [5.74, 6) is -0.741. The number of aliphatic carboxylic acids is 1. The number of carboxylic acid groups (broad SMARTS) is 1. The number of hydrogen-bond acceptors (Lipinski definition) is 1. The molecule has 1 aliphatic rings. The molecule has 1 fully saturated rings. The number of nitrogens with two attached hydrogens (primary N) is 2. The summed E-state index contributed by atoms with van der Waals surface area (Å²) in [5.41, 5.74) is 0. The maximum absolute atomic E-state index is 10.3. The van der Waals surface area contributed by atoms with E-state index in [1.807, 2.05) is 12.2 Å². The maximum Gasteiger partial charge on any atom is 0.303 e. The number of hydrogen-bond donors (Lipinski definition) is 3. The summed E-state index contributed by atoms with van der Waals surface area (Å²) in [4.78, 5) is 10.3. The van der Waals surface area contributed by atoms with Crippen molar-refractivity contribution >= 4 is 5.97 Å². The Labute approximate surface area is 184 Å². The van der Waals surface area contributed by atoms with Crippen LogP contribution in [0.25, 0.3) is 0 Å². The Kier molecular flexibility index (Phi) is 23.1. The van der Waals surface area contributed by atoms with Crippen LogP contribution in [-0.4, -0.2) is 37.3 Å². The van der Waals surface area contributed by atoms with Gasteiger partial charge < -0.3 is 15.7 Å². The Balaban J connectivity index is 0.00000118. The van der Waals surface area contributed by atoms with E-state index in [2.05, 4.69) is 78.3 Å². The van der Waals surface area contributed by atoms with E-state index in [4.69, 9.17) is 5.11 Å². The Morgan fingerprint density at radius 3 is 1.27 bits per heavy atom. The third-order valence-electron chi connectivity index (χ3n) is 4.27. The molecule has 5 N–H and O–H groups in total. The van der Waals surface area contributed by atoms with Crippen LogP contribution in [0.3, 0.4) is 0 Å². The van der Waals surface area contributed by atoms with Crippen LogP contribution in [0.4, 0.5) is 0 Å². The van der Waals surface area contributed by atoms with Gasteiger partial charge in [0.2, 0.25) is 0 Å². The quantitative estimate of drug-likeness (QED) is 0.378. The van der Waals surface area contributed by atoms with Gasteiger partial charge in [0.25, 0.3) is 0 Å². The first-order valence-electron chi connectivity index (χ1n) is 11.5. The highest BCUT2D eigenvalue weighted by Gasteiger charge is 1.99. The zero-order valence-corrected chi connectivity index (χ0v) is 18.9. The molecular formula is C26H44N2O2+2. The van der Waals surface area contributed by atoms with E-state index in [0.717, 1.165) is 38.5 Å². The minimum absolute atomic E-state index is 0.210. The van der Waals surface area contributed by atoms with Crippen molar-refractivity contribution in [2.45, 2.75) is 58.3 Å². The van der Waals surface area contributed by atoms with Crippen LogP contribution in [0.2, 0.25) is 0 Å². The van der Waals surface area contributed by atoms with E-state index in [1.165, 1.54) is 26.2 Å². The van der Waals surface area contributed by atoms with E-state index < -0.39 is 5.97 Å². The zero-order valence-electron chi connectivity index (χ0n) is 18.9. The van der Waals surface area contributed by atoms with Crippen molar-refractivity contribution in [1.82, 2.24) is 0 Å². The molecular weight excluding hydrogens is 372 g/mol. The van der Waals surface area contributed by atoms with Gasteiger partial charge >= 0.3 is 5.97 Å². The molecule has 0 radical (unpaired) electrons. The van der Waals surface area contributed by atoms with Crippen molar-refractivity contribution in [1.29, 1.82) is 0 Å². The minimum Gasteiger partial charge on any atom is -0.481 e. The SMILES string of the molecule is C1C[NH2+]CC[NH2+]1.CC/C=C\C/C=C\C/C=C\C/C=C\C/C=C\C/C=C\CCC(=O)O. The first-order valence-corrected chi connectivity index (χ1v) is 11.5. The molecule has 0 aliphatic carbocycles. The largest absolute Gasteiger partial charge is 0.481 e. The first kappa shape index (κ1) is 27.8. The van der Waals surface area contributed by atoms with Gasteiger partial charge in [0.1, 0.15) is 26.2 Å². The maximum atomic E-state index is 10.3. The van der Waals surface area contributed by atoms with Crippen LogP contribution >= 0.6 is 0 Å². The van der Waals surface area contributed by atoms with Gasteiger partial charge in [-0.2, -0.15) is 0 Å². The summed E-state index contributed by atoms with van der Waals surface area (Å²) in [7, 11) is 0. The molecule has 0 aromatic heterocycles. The molecule has 4 nitrogen and oxygen atoms in total. The average molecular weight is 417 g/mol. The molecule has 4 heteroatoms. The molecule has 1 heterocycles. The van der Waals surface area contributed by atoms with Crippen molar-refractivity contribution in [3.05, 3.63) is 72.9 Å². The summed E-state index contributed by atoms with van der Waals surface area (Å²) in [5, 5.41) is 13.2. The van der Waals surface area contributed by atoms with Gasteiger partial charge in [0, 0.05) is 6.42 Å². The Bertz CT molecular complexity index is 542. The van der Waals surface area contributed by atoms with Crippen LogP contribution in [0.1, 0.15) is 58.3 Å². The highest BCUT2D eigenvalue weighted by atomic mass is 16.4. The lowest BCUT2D eigenvalue weighted by Gasteiger charge is -2.04. The minimum atomic E-state index is -0.741. The second kappa shape index (κ2) is 24.9. The highest BCUT2D eigenvalue weighted by Crippen LogP contribution is 1.97. The molecule has 0 unspecified atom stereocenters. The van der Waals surface area contributed by atoms with Crippen molar-refractivity contribution in [3.63, 3.8) is 0 Å². The first-order chi connectivity index (χ1) is 14.8. The standard InChI is InChI=1S/C22H32O2.C4H10N2/c1-2-3-4-5-6-7-8-9-10-11-12-13-14-15-16-17-18-19-20-21-22(23)24;1-2-6-4-3-5-1/h3-4,6-7,9-10,12-13,15-16,18-19H,2,5,8,11,14,17,20-21H2,1H3,(H,23,24);5-6H,1-4H2/p+2/b4-3-,7-6-,10-9-,13-12-,16-15-,19-18-;. The summed E-state index contributed by atoms with van der Waals surface area (Å²) in [6.45, 7) is 7.43. The molecule has 0 amide bonds. The zero-order chi connectivity index (χ0) is 22.0. The molecule has 1 rings (SSSR count). The molecule has 0 atom stereocenters. The fourth-order valence-corrected chi connectivity index (χ4v) is 2.61. The van der Waals surface area contributed by atoms with Crippen molar-refractivity contribution in [3.8, 4) is 0 Å². The van der Waals surface area contributed by atoms with Crippen LogP contribution in [0.15, 0.2) is 72.9 Å². The van der Waals surface area contributed by atoms with Crippen LogP contribution in [0, 0.1) is 0 Å². The number of carboxylic acids is 1. The summed E-state index contributed by atoms with van der Waals surface area (Å²) >= 11 is 0. The van der Waals surface area contributed by atoms with Crippen molar-refractivity contribution < 1.29 is 20.5 Å². The van der Waals surface area contributed by atoms with Gasteiger partial charge in [-0.1, -0.05) is 79.8 Å². The average Bonchev–Trinajstić information content (AvgIpc) is 2.77. The normalized spacial score (nSPS) is 15.2. The second-order valence-corrected chi connectivity index (χ2v) is 7.08. The van der Waals surface area contributed by atoms with E-state index in [0.29, 0.717) is 6.42 Å². The predicted octanol–water partition coefficient (Wildman–Crippen LogP) is 3.68. The third-order valence-corrected chi connectivity index (χ3v) is 4.27. The highest BCUT2D eigenvalue weighted by molar-refractivity contribution is 5.66. The summed E-state index contributed by atoms with van der Waals surface area (Å²) < 4.78 is 0. The van der Waals surface area contributed by atoms with Gasteiger partial charge in [-0.05, 0) is 44.9 Å². The lowest BCUT2D eigenvalue weighted by molar-refractivity contribution is -0.787. The van der Waals surface area contributed by atoms with Gasteiger partial charge in [0.15, 0.2) is 0 Å². The second-order valence-electron chi connectivity index (χ2n) is 7.08. The van der Waals surface area contributed by atoms with Gasteiger partial charge in [0.05, 0.1) is 0 Å². The number of allylic oxidation sites excluding steroid dienone is 12. The van der Waals surface area contributed by atoms with E-state index in [9.17, 15) is 4.79 Å². The Hall–Kier alpha value is -2.17. The number of piperazine rings is 1. The molecule has 0 spiro atoms. The number of carbonyl (C=O) groups is 1. The molecule has 1 saturated heterocycles. The van der Waals surface area contributed by atoms with Crippen LogP contribution in [0.5, 0.6) is 0 Å². The predicted molar refractivity (Wildman–Crippen MR) is 128 cm³/mol. The molecule has 0 saturated carbocycles. The number of quaternary nitrogens is 2. The Morgan fingerprint density at radius 1 is 0.633 bits per heavy atom. The molecule has 1 aliphatic heterocycles. The smallest absolute Gasteiger partial charge is 0.303 e. The summed E-state index contributed by atoms with van der Waals surface area (Å²) in [6, 6.07) is 0. The van der Waals surface area contributed by atoms with Crippen molar-refractivity contribution in [2.75, 3.05) is 26.2 Å². The number of rotatable bonds is 14. The van der Waals surface area contributed by atoms with Crippen molar-refractivity contribution in [2.24, 2.45) is 0 Å². The molecule has 0 bridgehead atoms. The third kappa shape index (κ3) is 25.8. The molecule has 0 aromatic carbocycles. The lowest BCUT2D eigenvalue weighted by Crippen LogP contribution is -3.04. The molecule has 0 aromatic rings. The van der Waals surface area contributed by atoms with E-state index in [1.54, 1.807) is 0 Å². The van der Waals surface area contributed by atoms with E-state index in [-0.39, 0.29) is 6.42 Å². The van der Waals surface area contributed by atoms with E-state index >= 15 is 0 Å².